The lowest BCUT2D eigenvalue weighted by Crippen LogP contribution is -2.47. The van der Waals surface area contributed by atoms with Crippen LogP contribution in [0.4, 0.5) is 0 Å². The fraction of sp³-hybridized carbons (Fsp3) is 0.158. The molecule has 0 bridgehead atoms. The molecule has 0 saturated carbocycles. The first-order valence-corrected chi connectivity index (χ1v) is 7.97. The first-order chi connectivity index (χ1) is 12.5. The van der Waals surface area contributed by atoms with Crippen molar-refractivity contribution < 1.29 is 9.59 Å². The second kappa shape index (κ2) is 8.57. The van der Waals surface area contributed by atoms with Crippen LogP contribution >= 0.6 is 0 Å². The predicted octanol–water partition coefficient (Wildman–Crippen LogP) is 1.46. The van der Waals surface area contributed by atoms with Gasteiger partial charge in [0.15, 0.2) is 0 Å². The maximum absolute atomic E-state index is 12.6. The summed E-state index contributed by atoms with van der Waals surface area (Å²) in [5.74, 6) is -1.09. The van der Waals surface area contributed by atoms with E-state index in [2.05, 4.69) is 27.2 Å². The van der Waals surface area contributed by atoms with E-state index in [1.165, 1.54) is 25.5 Å². The van der Waals surface area contributed by atoms with E-state index < -0.39 is 23.3 Å². The molecule has 0 aliphatic rings. The molecule has 1 unspecified atom stereocenters. The first kappa shape index (κ1) is 18.9. The summed E-state index contributed by atoms with van der Waals surface area (Å²) < 4.78 is 0. The Labute approximate surface area is 150 Å². The van der Waals surface area contributed by atoms with E-state index in [0.717, 1.165) is 0 Å². The highest BCUT2D eigenvalue weighted by Gasteiger charge is 2.24. The second-order valence-corrected chi connectivity index (χ2v) is 5.35. The predicted molar refractivity (Wildman–Crippen MR) is 101 cm³/mol. The van der Waals surface area contributed by atoms with Gasteiger partial charge in [0, 0.05) is 19.4 Å². The average Bonchev–Trinajstić information content (AvgIpc) is 2.65. The van der Waals surface area contributed by atoms with Crippen LogP contribution in [0, 0.1) is 0 Å². The molecule has 134 valence electrons. The number of nitrogens with zero attached hydrogens (tertiary/aromatic N) is 1. The van der Waals surface area contributed by atoms with E-state index in [1.54, 1.807) is 37.3 Å². The zero-order chi connectivity index (χ0) is 19.1. The van der Waals surface area contributed by atoms with Crippen molar-refractivity contribution in [3.63, 3.8) is 0 Å². The van der Waals surface area contributed by atoms with Crippen molar-refractivity contribution in [1.82, 2.24) is 20.6 Å². The Morgan fingerprint density at radius 3 is 2.81 bits per heavy atom. The summed E-state index contributed by atoms with van der Waals surface area (Å²) in [4.78, 5) is 44.3. The molecule has 2 rings (SSSR count). The third kappa shape index (κ3) is 3.94. The summed E-state index contributed by atoms with van der Waals surface area (Å²) in [5, 5.41) is 5.10. The molecule has 0 saturated heterocycles. The molecule has 7 nitrogen and oxygen atoms in total. The maximum Gasteiger partial charge on any atom is 0.257 e. The fourth-order valence-corrected chi connectivity index (χ4v) is 2.44. The minimum atomic E-state index is -0.972. The van der Waals surface area contributed by atoms with E-state index in [0.29, 0.717) is 11.1 Å². The van der Waals surface area contributed by atoms with Gasteiger partial charge in [0.2, 0.25) is 11.3 Å². The lowest BCUT2D eigenvalue weighted by atomic mass is 10.0. The summed E-state index contributed by atoms with van der Waals surface area (Å²) >= 11 is 0. The van der Waals surface area contributed by atoms with Crippen LogP contribution in [-0.2, 0) is 4.79 Å². The number of aromatic amines is 1. The Morgan fingerprint density at radius 1 is 1.38 bits per heavy atom. The number of pyridine rings is 2. The number of hydrogen-bond acceptors (Lipinski definition) is 4. The van der Waals surface area contributed by atoms with Crippen molar-refractivity contribution >= 4 is 22.8 Å². The third-order valence-electron chi connectivity index (χ3n) is 3.67. The Hall–Kier alpha value is -3.48. The van der Waals surface area contributed by atoms with Crippen molar-refractivity contribution in [3.05, 3.63) is 76.8 Å². The van der Waals surface area contributed by atoms with E-state index in [9.17, 15) is 14.4 Å². The number of carbonyl (C=O) groups is 2. The van der Waals surface area contributed by atoms with Crippen LogP contribution in [-0.4, -0.2) is 34.9 Å². The average molecular weight is 352 g/mol. The molecule has 0 radical (unpaired) electrons. The van der Waals surface area contributed by atoms with Gasteiger partial charge in [-0.3, -0.25) is 19.4 Å². The highest BCUT2D eigenvalue weighted by molar-refractivity contribution is 6.00. The topological polar surface area (TPSA) is 104 Å². The smallest absolute Gasteiger partial charge is 0.257 e. The van der Waals surface area contributed by atoms with Crippen molar-refractivity contribution in [2.24, 2.45) is 0 Å². The van der Waals surface area contributed by atoms with Gasteiger partial charge in [0.05, 0.1) is 5.52 Å². The summed E-state index contributed by atoms with van der Waals surface area (Å²) in [6, 6.07) is 2.40. The number of amides is 2. The van der Waals surface area contributed by atoms with Crippen molar-refractivity contribution in [2.75, 3.05) is 7.05 Å². The quantitative estimate of drug-likeness (QED) is 0.685. The normalized spacial score (nSPS) is 12.8. The number of hydrogen-bond donors (Lipinski definition) is 3. The molecule has 3 N–H and O–H groups in total. The number of fused-ring (bicyclic) bond motifs is 1. The lowest BCUT2D eigenvalue weighted by Gasteiger charge is -2.18. The number of nitrogens with one attached hydrogen (secondary N) is 3. The van der Waals surface area contributed by atoms with Crippen LogP contribution in [0.25, 0.3) is 11.0 Å². The maximum atomic E-state index is 12.6. The van der Waals surface area contributed by atoms with Gasteiger partial charge in [0.1, 0.15) is 17.1 Å². The van der Waals surface area contributed by atoms with Crippen LogP contribution in [0.5, 0.6) is 0 Å². The zero-order valence-corrected chi connectivity index (χ0v) is 14.6. The molecule has 2 heterocycles. The standard InChI is InChI=1S/C19H20N4O3/c1-4-7-12(8-5-2)15(19(26)20-3)23-18(25)13-11-22-14-9-6-10-21-16(14)17(13)24/h4-11,15H,1H2,2-3H3,(H,20,26)(H,22,24)(H,23,25)/b8-5-,12-7+. The van der Waals surface area contributed by atoms with Gasteiger partial charge in [-0.15, -0.1) is 0 Å². The van der Waals surface area contributed by atoms with Crippen LogP contribution in [0.1, 0.15) is 17.3 Å². The third-order valence-corrected chi connectivity index (χ3v) is 3.67. The number of H-pyrrole nitrogens is 1. The highest BCUT2D eigenvalue weighted by atomic mass is 16.2. The molecule has 26 heavy (non-hydrogen) atoms. The Kier molecular flexibility index (Phi) is 6.21. The number of allylic oxidation sites excluding steroid dienone is 3. The fourth-order valence-electron chi connectivity index (χ4n) is 2.44. The molecular weight excluding hydrogens is 332 g/mol. The summed E-state index contributed by atoms with van der Waals surface area (Å²) in [7, 11) is 1.47. The summed E-state index contributed by atoms with van der Waals surface area (Å²) in [5.41, 5.74) is 0.590. The van der Waals surface area contributed by atoms with Crippen LogP contribution in [0.15, 0.2) is 65.8 Å². The van der Waals surface area contributed by atoms with Crippen molar-refractivity contribution in [3.8, 4) is 0 Å². The second-order valence-electron chi connectivity index (χ2n) is 5.35. The van der Waals surface area contributed by atoms with Crippen molar-refractivity contribution in [1.29, 1.82) is 0 Å². The van der Waals surface area contributed by atoms with E-state index in [-0.39, 0.29) is 11.1 Å². The van der Waals surface area contributed by atoms with Gasteiger partial charge < -0.3 is 15.6 Å². The van der Waals surface area contributed by atoms with Gasteiger partial charge >= 0.3 is 0 Å². The Bertz CT molecular complexity index is 957. The molecule has 7 heteroatoms. The largest absolute Gasteiger partial charge is 0.359 e. The molecule has 0 aromatic carbocycles. The Morgan fingerprint density at radius 2 is 2.15 bits per heavy atom. The molecule has 2 aromatic heterocycles. The molecule has 2 amide bonds. The van der Waals surface area contributed by atoms with Crippen LogP contribution in [0.2, 0.25) is 0 Å². The number of likely N-dealkylation sites (N-methyl/N-ethyl adjacent to an activating group) is 1. The number of aromatic nitrogens is 2. The molecule has 1 atom stereocenters. The molecule has 2 aromatic rings. The molecule has 0 aliphatic heterocycles. The summed E-state index contributed by atoms with van der Waals surface area (Å²) in [6.45, 7) is 5.41. The monoisotopic (exact) mass is 352 g/mol. The first-order valence-electron chi connectivity index (χ1n) is 7.97. The zero-order valence-electron chi connectivity index (χ0n) is 14.6. The minimum absolute atomic E-state index is 0.122. The van der Waals surface area contributed by atoms with Crippen LogP contribution < -0.4 is 16.1 Å². The van der Waals surface area contributed by atoms with Gasteiger partial charge in [-0.1, -0.05) is 30.9 Å². The molecule has 0 aliphatic carbocycles. The van der Waals surface area contributed by atoms with Gasteiger partial charge in [-0.05, 0) is 24.6 Å². The Balaban J connectivity index is 2.43. The van der Waals surface area contributed by atoms with Crippen LogP contribution in [0.3, 0.4) is 0 Å². The van der Waals surface area contributed by atoms with Gasteiger partial charge in [0.25, 0.3) is 5.91 Å². The number of carbonyl (C=O) groups excluding carboxylic acids is 2. The van der Waals surface area contributed by atoms with Crippen molar-refractivity contribution in [2.45, 2.75) is 13.0 Å². The molecule has 0 spiro atoms. The number of rotatable bonds is 6. The minimum Gasteiger partial charge on any atom is -0.359 e. The van der Waals surface area contributed by atoms with Gasteiger partial charge in [-0.2, -0.15) is 0 Å². The highest BCUT2D eigenvalue weighted by Crippen LogP contribution is 2.08. The van der Waals surface area contributed by atoms with E-state index >= 15 is 0 Å². The molecular formula is C19H20N4O3. The molecule has 0 fully saturated rings. The van der Waals surface area contributed by atoms with Gasteiger partial charge in [-0.25, -0.2) is 0 Å². The SMILES string of the molecule is C=C/C=C(\C=C/C)C(NC(=O)c1c[nH]c2cccnc2c1=O)C(=O)NC. The lowest BCUT2D eigenvalue weighted by molar-refractivity contribution is -0.121. The summed E-state index contributed by atoms with van der Waals surface area (Å²) in [6.07, 6.45) is 9.35. The van der Waals surface area contributed by atoms with E-state index in [4.69, 9.17) is 0 Å². The van der Waals surface area contributed by atoms with E-state index in [1.807, 2.05) is 0 Å².